The Labute approximate surface area is 121 Å². The van der Waals surface area contributed by atoms with Gasteiger partial charge in [0.1, 0.15) is 17.0 Å². The Balaban J connectivity index is 1.93. The van der Waals surface area contributed by atoms with Gasteiger partial charge in [0.05, 0.1) is 5.39 Å². The van der Waals surface area contributed by atoms with Crippen LogP contribution >= 0.6 is 11.3 Å². The predicted molar refractivity (Wildman–Crippen MR) is 85.0 cm³/mol. The maximum Gasteiger partial charge on any atom is 0.141 e. The van der Waals surface area contributed by atoms with Crippen molar-refractivity contribution in [3.63, 3.8) is 0 Å². The Morgan fingerprint density at radius 3 is 2.70 bits per heavy atom. The largest absolute Gasteiger partial charge is 0.399 e. The maximum atomic E-state index is 5.73. The molecule has 1 aromatic carbocycles. The number of nitrogens with zero attached hydrogens (tertiary/aromatic N) is 3. The average molecular weight is 284 g/mol. The zero-order valence-electron chi connectivity index (χ0n) is 11.3. The molecule has 20 heavy (non-hydrogen) atoms. The van der Waals surface area contributed by atoms with Crippen LogP contribution in [0.15, 0.2) is 42.0 Å². The molecular weight excluding hydrogens is 268 g/mol. The van der Waals surface area contributed by atoms with E-state index in [-0.39, 0.29) is 0 Å². The summed E-state index contributed by atoms with van der Waals surface area (Å²) in [6.07, 6.45) is 1.64. The third kappa shape index (κ3) is 2.44. The number of hydrogen-bond acceptors (Lipinski definition) is 5. The summed E-state index contributed by atoms with van der Waals surface area (Å²) >= 11 is 1.64. The van der Waals surface area contributed by atoms with Gasteiger partial charge in [0.2, 0.25) is 0 Å². The average Bonchev–Trinajstić information content (AvgIpc) is 2.95. The van der Waals surface area contributed by atoms with Gasteiger partial charge in [0.15, 0.2) is 0 Å². The first-order valence-electron chi connectivity index (χ1n) is 6.55. The Bertz CT molecular complexity index is 705. The van der Waals surface area contributed by atoms with E-state index >= 15 is 0 Å². The fourth-order valence-corrected chi connectivity index (χ4v) is 2.94. The van der Waals surface area contributed by atoms with Crippen LogP contribution in [0, 0.1) is 0 Å². The van der Waals surface area contributed by atoms with Crippen LogP contribution < -0.4 is 10.6 Å². The number of aromatic nitrogens is 2. The van der Waals surface area contributed by atoms with Gasteiger partial charge in [-0.15, -0.1) is 11.3 Å². The fourth-order valence-electron chi connectivity index (χ4n) is 2.21. The van der Waals surface area contributed by atoms with E-state index in [1.54, 1.807) is 17.7 Å². The molecule has 0 aliphatic carbocycles. The highest BCUT2D eigenvalue weighted by Crippen LogP contribution is 2.27. The molecule has 0 atom stereocenters. The topological polar surface area (TPSA) is 55.0 Å². The molecule has 3 aromatic rings. The van der Waals surface area contributed by atoms with Gasteiger partial charge in [-0.25, -0.2) is 9.97 Å². The van der Waals surface area contributed by atoms with E-state index in [0.29, 0.717) is 0 Å². The van der Waals surface area contributed by atoms with Crippen molar-refractivity contribution in [2.24, 2.45) is 0 Å². The number of thiophene rings is 1. The molecule has 0 fully saturated rings. The normalized spacial score (nSPS) is 10.8. The molecule has 0 bridgehead atoms. The number of fused-ring (bicyclic) bond motifs is 1. The summed E-state index contributed by atoms with van der Waals surface area (Å²) in [7, 11) is 0. The van der Waals surface area contributed by atoms with Crippen LogP contribution in [0.5, 0.6) is 0 Å². The van der Waals surface area contributed by atoms with Crippen LogP contribution in [0.2, 0.25) is 0 Å². The van der Waals surface area contributed by atoms with Crippen molar-refractivity contribution in [3.05, 3.63) is 47.6 Å². The van der Waals surface area contributed by atoms with Crippen LogP contribution in [-0.4, -0.2) is 16.5 Å². The van der Waals surface area contributed by atoms with Crippen molar-refractivity contribution >= 4 is 33.1 Å². The summed E-state index contributed by atoms with van der Waals surface area (Å²) in [5.74, 6) is 0.996. The second kappa shape index (κ2) is 5.46. The molecule has 0 spiro atoms. The van der Waals surface area contributed by atoms with Crippen molar-refractivity contribution in [1.29, 1.82) is 0 Å². The van der Waals surface area contributed by atoms with Crippen molar-refractivity contribution in [2.45, 2.75) is 13.5 Å². The number of hydrogen-bond donors (Lipinski definition) is 1. The number of benzene rings is 1. The molecule has 0 unspecified atom stereocenters. The molecular formula is C15H16N4S. The molecule has 0 aliphatic rings. The highest BCUT2D eigenvalue weighted by Gasteiger charge is 2.12. The monoisotopic (exact) mass is 284 g/mol. The molecule has 0 saturated heterocycles. The number of nitrogen functional groups attached to an aromatic ring is 1. The molecule has 2 N–H and O–H groups in total. The van der Waals surface area contributed by atoms with Gasteiger partial charge in [-0.2, -0.15) is 0 Å². The molecule has 0 amide bonds. The molecule has 4 nitrogen and oxygen atoms in total. The van der Waals surface area contributed by atoms with E-state index in [9.17, 15) is 0 Å². The molecule has 102 valence electrons. The highest BCUT2D eigenvalue weighted by atomic mass is 32.1. The number of nitrogens with two attached hydrogens (primary N) is 1. The quantitative estimate of drug-likeness (QED) is 0.747. The second-order valence-electron chi connectivity index (χ2n) is 4.59. The van der Waals surface area contributed by atoms with Crippen LogP contribution in [-0.2, 0) is 6.54 Å². The number of rotatable bonds is 4. The summed E-state index contributed by atoms with van der Waals surface area (Å²) in [6.45, 7) is 3.85. The third-order valence-electron chi connectivity index (χ3n) is 3.28. The lowest BCUT2D eigenvalue weighted by Crippen LogP contribution is -2.23. The summed E-state index contributed by atoms with van der Waals surface area (Å²) in [5, 5.41) is 3.18. The first-order chi connectivity index (χ1) is 9.78. The van der Waals surface area contributed by atoms with E-state index in [1.165, 1.54) is 5.56 Å². The zero-order chi connectivity index (χ0) is 13.9. The van der Waals surface area contributed by atoms with Gasteiger partial charge in [0.25, 0.3) is 0 Å². The Hall–Kier alpha value is -2.14. The fraction of sp³-hybridized carbons (Fsp3) is 0.200. The van der Waals surface area contributed by atoms with Gasteiger partial charge >= 0.3 is 0 Å². The standard InChI is InChI=1S/C15H16N4S/c1-2-19(9-11-3-5-12(16)6-4-11)14-13-7-8-20-15(13)18-10-17-14/h3-8,10H,2,9,16H2,1H3. The van der Waals surface area contributed by atoms with Gasteiger partial charge < -0.3 is 10.6 Å². The van der Waals surface area contributed by atoms with Gasteiger partial charge in [-0.3, -0.25) is 0 Å². The van der Waals surface area contributed by atoms with Crippen molar-refractivity contribution in [3.8, 4) is 0 Å². The smallest absolute Gasteiger partial charge is 0.141 e. The van der Waals surface area contributed by atoms with E-state index < -0.39 is 0 Å². The lowest BCUT2D eigenvalue weighted by atomic mass is 10.2. The lowest BCUT2D eigenvalue weighted by Gasteiger charge is -2.22. The minimum atomic E-state index is 0.791. The maximum absolute atomic E-state index is 5.73. The predicted octanol–water partition coefficient (Wildman–Crippen LogP) is 3.30. The summed E-state index contributed by atoms with van der Waals surface area (Å²) < 4.78 is 0. The van der Waals surface area contributed by atoms with Crippen LogP contribution in [0.3, 0.4) is 0 Å². The van der Waals surface area contributed by atoms with E-state index in [0.717, 1.165) is 34.8 Å². The molecule has 2 heterocycles. The highest BCUT2D eigenvalue weighted by molar-refractivity contribution is 7.16. The van der Waals surface area contributed by atoms with Gasteiger partial charge in [-0.05, 0) is 36.1 Å². The Morgan fingerprint density at radius 1 is 1.15 bits per heavy atom. The SMILES string of the molecule is CCN(Cc1ccc(N)cc1)c1ncnc2sccc12. The van der Waals surface area contributed by atoms with Crippen molar-refractivity contribution < 1.29 is 0 Å². The summed E-state index contributed by atoms with van der Waals surface area (Å²) in [6, 6.07) is 10.1. The Kier molecular flexibility index (Phi) is 3.52. The summed E-state index contributed by atoms with van der Waals surface area (Å²) in [5.41, 5.74) is 7.74. The Morgan fingerprint density at radius 2 is 1.95 bits per heavy atom. The van der Waals surface area contributed by atoms with E-state index in [2.05, 4.69) is 45.4 Å². The molecule has 0 aliphatic heterocycles. The third-order valence-corrected chi connectivity index (χ3v) is 4.10. The van der Waals surface area contributed by atoms with Crippen LogP contribution in [0.1, 0.15) is 12.5 Å². The molecule has 5 heteroatoms. The zero-order valence-corrected chi connectivity index (χ0v) is 12.1. The van der Waals surface area contributed by atoms with Crippen LogP contribution in [0.25, 0.3) is 10.2 Å². The first-order valence-corrected chi connectivity index (χ1v) is 7.43. The van der Waals surface area contributed by atoms with E-state index in [1.807, 2.05) is 12.1 Å². The van der Waals surface area contributed by atoms with E-state index in [4.69, 9.17) is 5.73 Å². The lowest BCUT2D eigenvalue weighted by molar-refractivity contribution is 0.817. The molecule has 0 saturated carbocycles. The van der Waals surface area contributed by atoms with Crippen LogP contribution in [0.4, 0.5) is 11.5 Å². The second-order valence-corrected chi connectivity index (χ2v) is 5.49. The minimum absolute atomic E-state index is 0.791. The molecule has 3 rings (SSSR count). The molecule has 2 aromatic heterocycles. The first kappa shape index (κ1) is 12.9. The van der Waals surface area contributed by atoms with Gasteiger partial charge in [0, 0.05) is 18.8 Å². The number of anilines is 2. The molecule has 0 radical (unpaired) electrons. The summed E-state index contributed by atoms with van der Waals surface area (Å²) in [4.78, 5) is 12.0. The van der Waals surface area contributed by atoms with Crippen molar-refractivity contribution in [2.75, 3.05) is 17.2 Å². The minimum Gasteiger partial charge on any atom is -0.399 e. The van der Waals surface area contributed by atoms with Gasteiger partial charge in [-0.1, -0.05) is 12.1 Å². The van der Waals surface area contributed by atoms with Crippen molar-refractivity contribution in [1.82, 2.24) is 9.97 Å².